The first-order valence-corrected chi connectivity index (χ1v) is 6.57. The topological polar surface area (TPSA) is 67.6 Å². The van der Waals surface area contributed by atoms with Gasteiger partial charge in [-0.1, -0.05) is 13.8 Å². The van der Waals surface area contributed by atoms with Crippen molar-refractivity contribution < 1.29 is 9.53 Å². The van der Waals surface area contributed by atoms with E-state index in [4.69, 9.17) is 10.5 Å². The SMILES string of the molecule is CC(C)C(CNC(=O)C1(C)COCC1N)N(C)C. The molecule has 0 aromatic rings. The van der Waals surface area contributed by atoms with Gasteiger partial charge in [0.2, 0.25) is 5.91 Å². The lowest BCUT2D eigenvalue weighted by Crippen LogP contribution is -2.53. The van der Waals surface area contributed by atoms with Gasteiger partial charge >= 0.3 is 0 Å². The van der Waals surface area contributed by atoms with E-state index < -0.39 is 5.41 Å². The fraction of sp³-hybridized carbons (Fsp3) is 0.923. The molecule has 0 spiro atoms. The number of carbonyl (C=O) groups is 1. The van der Waals surface area contributed by atoms with Gasteiger partial charge < -0.3 is 20.7 Å². The predicted molar refractivity (Wildman–Crippen MR) is 72.2 cm³/mol. The molecule has 5 nitrogen and oxygen atoms in total. The second kappa shape index (κ2) is 5.99. The van der Waals surface area contributed by atoms with Crippen molar-refractivity contribution in [3.8, 4) is 0 Å². The normalized spacial score (nSPS) is 29.9. The Bertz CT molecular complexity index is 286. The zero-order chi connectivity index (χ0) is 13.9. The molecule has 0 saturated carbocycles. The molecule has 1 rings (SSSR count). The molecule has 0 aromatic heterocycles. The summed E-state index contributed by atoms with van der Waals surface area (Å²) >= 11 is 0. The molecule has 0 bridgehead atoms. The number of nitrogens with one attached hydrogen (secondary N) is 1. The van der Waals surface area contributed by atoms with Crippen LogP contribution in [0.1, 0.15) is 20.8 Å². The predicted octanol–water partition coefficient (Wildman–Crippen LogP) is 0.0526. The number of amides is 1. The van der Waals surface area contributed by atoms with Crippen LogP contribution in [0.2, 0.25) is 0 Å². The summed E-state index contributed by atoms with van der Waals surface area (Å²) in [5.74, 6) is 0.488. The first-order valence-electron chi connectivity index (χ1n) is 6.57. The maximum atomic E-state index is 12.2. The number of ether oxygens (including phenoxy) is 1. The zero-order valence-corrected chi connectivity index (χ0v) is 12.2. The summed E-state index contributed by atoms with van der Waals surface area (Å²) < 4.78 is 5.30. The molecule has 1 saturated heterocycles. The third-order valence-electron chi connectivity index (χ3n) is 3.94. The maximum Gasteiger partial charge on any atom is 0.229 e. The van der Waals surface area contributed by atoms with Gasteiger partial charge in [-0.15, -0.1) is 0 Å². The van der Waals surface area contributed by atoms with Crippen LogP contribution in [0.25, 0.3) is 0 Å². The number of hydrogen-bond acceptors (Lipinski definition) is 4. The van der Waals surface area contributed by atoms with Crippen molar-refractivity contribution in [1.29, 1.82) is 0 Å². The standard InChI is InChI=1S/C13H27N3O2/c1-9(2)10(16(4)5)6-15-12(17)13(3)8-18-7-11(13)14/h9-11H,6-8,14H2,1-5H3,(H,15,17). The summed E-state index contributed by atoms with van der Waals surface area (Å²) in [6, 6.07) is 0.116. The number of likely N-dealkylation sites (N-methyl/N-ethyl adjacent to an activating group) is 1. The van der Waals surface area contributed by atoms with Gasteiger partial charge in [-0.05, 0) is 26.9 Å². The number of nitrogens with zero attached hydrogens (tertiary/aromatic N) is 1. The van der Waals surface area contributed by atoms with E-state index >= 15 is 0 Å². The molecule has 1 aliphatic rings. The molecule has 1 aliphatic heterocycles. The molecule has 1 heterocycles. The van der Waals surface area contributed by atoms with Crippen LogP contribution < -0.4 is 11.1 Å². The van der Waals surface area contributed by atoms with Crippen molar-refractivity contribution >= 4 is 5.91 Å². The van der Waals surface area contributed by atoms with Gasteiger partial charge in [0, 0.05) is 18.6 Å². The molecule has 1 amide bonds. The Morgan fingerprint density at radius 1 is 1.56 bits per heavy atom. The van der Waals surface area contributed by atoms with E-state index in [1.54, 1.807) is 0 Å². The summed E-state index contributed by atoms with van der Waals surface area (Å²) in [5, 5.41) is 3.02. The fourth-order valence-corrected chi connectivity index (χ4v) is 2.34. The zero-order valence-electron chi connectivity index (χ0n) is 12.2. The molecular formula is C13H27N3O2. The van der Waals surface area contributed by atoms with Crippen LogP contribution in [-0.2, 0) is 9.53 Å². The summed E-state index contributed by atoms with van der Waals surface area (Å²) in [6.45, 7) is 7.71. The van der Waals surface area contributed by atoms with E-state index in [1.807, 2.05) is 21.0 Å². The van der Waals surface area contributed by atoms with Gasteiger partial charge in [0.15, 0.2) is 0 Å². The quantitative estimate of drug-likeness (QED) is 0.730. The molecule has 106 valence electrons. The van der Waals surface area contributed by atoms with Gasteiger partial charge in [0.05, 0.1) is 18.6 Å². The Balaban J connectivity index is 2.55. The lowest BCUT2D eigenvalue weighted by molar-refractivity contribution is -0.130. The van der Waals surface area contributed by atoms with E-state index in [2.05, 4.69) is 24.1 Å². The molecule has 3 atom stereocenters. The monoisotopic (exact) mass is 257 g/mol. The Kier molecular flexibility index (Phi) is 5.13. The smallest absolute Gasteiger partial charge is 0.229 e. The number of carbonyl (C=O) groups excluding carboxylic acids is 1. The average Bonchev–Trinajstić information content (AvgIpc) is 2.59. The van der Waals surface area contributed by atoms with E-state index in [9.17, 15) is 4.79 Å². The Hall–Kier alpha value is -0.650. The highest BCUT2D eigenvalue weighted by Crippen LogP contribution is 2.27. The molecule has 0 aliphatic carbocycles. The van der Waals surface area contributed by atoms with Crippen LogP contribution in [0.4, 0.5) is 0 Å². The third kappa shape index (κ3) is 3.22. The van der Waals surface area contributed by atoms with Crippen molar-refractivity contribution in [2.45, 2.75) is 32.9 Å². The molecule has 18 heavy (non-hydrogen) atoms. The maximum absolute atomic E-state index is 12.2. The van der Waals surface area contributed by atoms with Crippen molar-refractivity contribution in [2.24, 2.45) is 17.1 Å². The molecular weight excluding hydrogens is 230 g/mol. The molecule has 3 unspecified atom stereocenters. The Labute approximate surface area is 110 Å². The van der Waals surface area contributed by atoms with Crippen LogP contribution >= 0.6 is 0 Å². The Morgan fingerprint density at radius 2 is 2.17 bits per heavy atom. The highest BCUT2D eigenvalue weighted by Gasteiger charge is 2.44. The largest absolute Gasteiger partial charge is 0.379 e. The summed E-state index contributed by atoms with van der Waals surface area (Å²) in [6.07, 6.45) is 0. The highest BCUT2D eigenvalue weighted by atomic mass is 16.5. The summed E-state index contributed by atoms with van der Waals surface area (Å²) in [4.78, 5) is 14.4. The van der Waals surface area contributed by atoms with Crippen molar-refractivity contribution in [3.63, 3.8) is 0 Å². The van der Waals surface area contributed by atoms with E-state index in [-0.39, 0.29) is 11.9 Å². The van der Waals surface area contributed by atoms with Crippen LogP contribution in [0, 0.1) is 11.3 Å². The number of rotatable bonds is 5. The summed E-state index contributed by atoms with van der Waals surface area (Å²) in [7, 11) is 4.06. The van der Waals surface area contributed by atoms with Crippen LogP contribution in [0.15, 0.2) is 0 Å². The van der Waals surface area contributed by atoms with E-state index in [1.165, 1.54) is 0 Å². The number of nitrogens with two attached hydrogens (primary N) is 1. The van der Waals surface area contributed by atoms with Crippen molar-refractivity contribution in [3.05, 3.63) is 0 Å². The minimum Gasteiger partial charge on any atom is -0.379 e. The fourth-order valence-electron chi connectivity index (χ4n) is 2.34. The third-order valence-corrected chi connectivity index (χ3v) is 3.94. The molecule has 0 aromatic carbocycles. The van der Waals surface area contributed by atoms with E-state index in [0.29, 0.717) is 31.7 Å². The first-order chi connectivity index (χ1) is 8.29. The van der Waals surface area contributed by atoms with Gasteiger partial charge in [0.25, 0.3) is 0 Å². The lowest BCUT2D eigenvalue weighted by Gasteiger charge is -2.31. The van der Waals surface area contributed by atoms with Crippen molar-refractivity contribution in [2.75, 3.05) is 33.9 Å². The van der Waals surface area contributed by atoms with Crippen molar-refractivity contribution in [1.82, 2.24) is 10.2 Å². The van der Waals surface area contributed by atoms with Crippen LogP contribution in [-0.4, -0.2) is 56.7 Å². The molecule has 3 N–H and O–H groups in total. The molecule has 1 fully saturated rings. The van der Waals surface area contributed by atoms with Gasteiger partial charge in [0.1, 0.15) is 0 Å². The second-order valence-corrected chi connectivity index (χ2v) is 6.02. The minimum atomic E-state index is -0.589. The lowest BCUT2D eigenvalue weighted by atomic mass is 9.84. The van der Waals surface area contributed by atoms with Gasteiger partial charge in [-0.3, -0.25) is 4.79 Å². The van der Waals surface area contributed by atoms with Gasteiger partial charge in [-0.2, -0.15) is 0 Å². The summed E-state index contributed by atoms with van der Waals surface area (Å²) in [5.41, 5.74) is 5.35. The second-order valence-electron chi connectivity index (χ2n) is 6.02. The molecule has 5 heteroatoms. The van der Waals surface area contributed by atoms with Crippen LogP contribution in [0.5, 0.6) is 0 Å². The number of hydrogen-bond donors (Lipinski definition) is 2. The highest BCUT2D eigenvalue weighted by molar-refractivity contribution is 5.83. The van der Waals surface area contributed by atoms with Crippen LogP contribution in [0.3, 0.4) is 0 Å². The minimum absolute atomic E-state index is 0.000000000000000444. The first kappa shape index (κ1) is 15.4. The van der Waals surface area contributed by atoms with E-state index in [0.717, 1.165) is 0 Å². The van der Waals surface area contributed by atoms with Gasteiger partial charge in [-0.25, -0.2) is 0 Å². The Morgan fingerprint density at radius 3 is 2.56 bits per heavy atom. The average molecular weight is 257 g/mol. The molecule has 0 radical (unpaired) electrons.